The van der Waals surface area contributed by atoms with Crippen LogP contribution in [0.4, 0.5) is 24.8 Å². The molecule has 2 heterocycles. The molecule has 3 aromatic rings. The summed E-state index contributed by atoms with van der Waals surface area (Å²) in [6.07, 6.45) is -2.71. The fraction of sp³-hybridized carbons (Fsp3) is 0.259. The molecule has 1 N–H and O–H groups in total. The lowest BCUT2D eigenvalue weighted by molar-refractivity contribution is -0.139. The van der Waals surface area contributed by atoms with Gasteiger partial charge in [-0.3, -0.25) is 9.59 Å². The van der Waals surface area contributed by atoms with Crippen LogP contribution in [0.3, 0.4) is 0 Å². The predicted octanol–water partition coefficient (Wildman–Crippen LogP) is 5.12. The second kappa shape index (κ2) is 10.6. The van der Waals surface area contributed by atoms with Crippen LogP contribution in [0, 0.1) is 0 Å². The summed E-state index contributed by atoms with van der Waals surface area (Å²) in [6.45, 7) is 2.09. The zero-order valence-electron chi connectivity index (χ0n) is 21.9. The van der Waals surface area contributed by atoms with E-state index in [1.54, 1.807) is 58.4 Å². The topological polar surface area (TPSA) is 96.9 Å². The summed E-state index contributed by atoms with van der Waals surface area (Å²) < 4.78 is 52.4. The number of carbonyl (C=O) groups excluding carboxylic acids is 2. The Balaban J connectivity index is 1.68. The number of nitrogens with one attached hydrogen (secondary N) is 1. The Morgan fingerprint density at radius 1 is 1.18 bits per heavy atom. The Morgan fingerprint density at radius 3 is 2.59 bits per heavy atom. The number of nitrogens with zero attached hydrogens (tertiary/aromatic N) is 4. The number of hydrogen-bond donors (Lipinski definition) is 1. The summed E-state index contributed by atoms with van der Waals surface area (Å²) in [4.78, 5) is 35.3. The molecule has 0 fully saturated rings. The molecule has 0 atom stereocenters. The van der Waals surface area contributed by atoms with E-state index < -0.39 is 17.6 Å². The van der Waals surface area contributed by atoms with Gasteiger partial charge < -0.3 is 24.6 Å². The van der Waals surface area contributed by atoms with E-state index in [1.807, 2.05) is 0 Å². The molecule has 2 amide bonds. The van der Waals surface area contributed by atoms with Crippen LogP contribution in [0.2, 0.25) is 0 Å². The van der Waals surface area contributed by atoms with Crippen LogP contribution in [-0.4, -0.2) is 59.8 Å². The average Bonchev–Trinajstić information content (AvgIpc) is 3.17. The lowest BCUT2D eigenvalue weighted by atomic mass is 10.1. The molecule has 0 aliphatic carbocycles. The summed E-state index contributed by atoms with van der Waals surface area (Å²) in [6, 6.07) is 9.76. The highest BCUT2D eigenvalue weighted by atomic mass is 19.4. The first-order valence-electron chi connectivity index (χ1n) is 11.7. The van der Waals surface area contributed by atoms with E-state index in [0.29, 0.717) is 40.9 Å². The molecule has 0 unspecified atom stereocenters. The number of carbonyl (C=O) groups is 2. The average molecular weight is 542 g/mol. The van der Waals surface area contributed by atoms with Crippen LogP contribution in [-0.2, 0) is 17.5 Å². The Hall–Kier alpha value is -4.61. The van der Waals surface area contributed by atoms with Crippen LogP contribution in [0.15, 0.2) is 48.7 Å². The van der Waals surface area contributed by atoms with Crippen molar-refractivity contribution >= 4 is 29.0 Å². The van der Waals surface area contributed by atoms with E-state index in [1.165, 1.54) is 29.1 Å². The monoisotopic (exact) mass is 541 g/mol. The van der Waals surface area contributed by atoms with E-state index >= 15 is 0 Å². The minimum absolute atomic E-state index is 0.0338. The summed E-state index contributed by atoms with van der Waals surface area (Å²) in [5.74, 6) is -1.17. The van der Waals surface area contributed by atoms with Crippen molar-refractivity contribution < 1.29 is 32.2 Å². The quantitative estimate of drug-likeness (QED) is 0.415. The van der Waals surface area contributed by atoms with Crippen molar-refractivity contribution in [1.82, 2.24) is 19.8 Å². The smallest absolute Gasteiger partial charge is 0.423 e. The van der Waals surface area contributed by atoms with Crippen LogP contribution < -0.4 is 14.8 Å². The third-order valence-corrected chi connectivity index (χ3v) is 6.03. The molecule has 1 aromatic heterocycles. The normalized spacial score (nSPS) is 13.3. The first-order valence-corrected chi connectivity index (χ1v) is 11.7. The number of likely N-dealkylation sites (N-methyl/N-ethyl adjacent to an activating group) is 1. The van der Waals surface area contributed by atoms with Gasteiger partial charge in [0.05, 0.1) is 18.4 Å². The van der Waals surface area contributed by atoms with Crippen molar-refractivity contribution in [3.8, 4) is 17.4 Å². The minimum atomic E-state index is -4.81. The Bertz CT molecular complexity index is 1470. The number of alkyl halides is 3. The van der Waals surface area contributed by atoms with Gasteiger partial charge in [0.15, 0.2) is 0 Å². The van der Waals surface area contributed by atoms with E-state index in [-0.39, 0.29) is 29.1 Å². The van der Waals surface area contributed by atoms with Gasteiger partial charge in [-0.1, -0.05) is 18.2 Å². The highest BCUT2D eigenvalue weighted by molar-refractivity contribution is 6.01. The molecule has 12 heteroatoms. The predicted molar refractivity (Wildman–Crippen MR) is 138 cm³/mol. The molecule has 0 radical (unpaired) electrons. The summed E-state index contributed by atoms with van der Waals surface area (Å²) in [7, 11) is 6.31. The number of rotatable bonds is 7. The maximum Gasteiger partial charge on any atom is 0.423 e. The summed E-state index contributed by atoms with van der Waals surface area (Å²) in [5, 5.41) is 2.86. The zero-order valence-corrected chi connectivity index (χ0v) is 21.9. The third kappa shape index (κ3) is 5.79. The molecule has 39 heavy (non-hydrogen) atoms. The Kier molecular flexibility index (Phi) is 7.48. The van der Waals surface area contributed by atoms with Gasteiger partial charge in [-0.2, -0.15) is 18.2 Å². The van der Waals surface area contributed by atoms with Gasteiger partial charge >= 0.3 is 6.18 Å². The lowest BCUT2D eigenvalue weighted by Crippen LogP contribution is -2.19. The lowest BCUT2D eigenvalue weighted by Gasteiger charge is -2.16. The van der Waals surface area contributed by atoms with Gasteiger partial charge in [-0.05, 0) is 41.8 Å². The summed E-state index contributed by atoms with van der Waals surface area (Å²) >= 11 is 0. The number of fused-ring (bicyclic) bond motifs is 1. The van der Waals surface area contributed by atoms with Crippen molar-refractivity contribution in [2.24, 2.45) is 0 Å². The molecule has 1 aliphatic rings. The molecule has 0 spiro atoms. The number of methoxy groups -OCH3 is 1. The van der Waals surface area contributed by atoms with E-state index in [4.69, 9.17) is 9.47 Å². The largest absolute Gasteiger partial charge is 0.495 e. The second-order valence-corrected chi connectivity index (χ2v) is 9.06. The van der Waals surface area contributed by atoms with E-state index in [9.17, 15) is 22.8 Å². The van der Waals surface area contributed by atoms with Crippen LogP contribution in [0.5, 0.6) is 17.4 Å². The number of amides is 2. The fourth-order valence-electron chi connectivity index (χ4n) is 3.91. The molecule has 1 aliphatic heterocycles. The maximum absolute atomic E-state index is 13.8. The van der Waals surface area contributed by atoms with Crippen molar-refractivity contribution in [2.75, 3.05) is 33.6 Å². The number of ether oxygens (including phenoxy) is 2. The third-order valence-electron chi connectivity index (χ3n) is 6.03. The number of halogens is 3. The molecule has 9 nitrogen and oxygen atoms in total. The molecule has 2 aromatic carbocycles. The van der Waals surface area contributed by atoms with Gasteiger partial charge in [-0.25, -0.2) is 4.98 Å². The number of allylic oxidation sites excluding steroid dienone is 1. The number of aromatic nitrogens is 2. The minimum Gasteiger partial charge on any atom is -0.495 e. The second-order valence-electron chi connectivity index (χ2n) is 9.06. The zero-order chi connectivity index (χ0) is 28.5. The van der Waals surface area contributed by atoms with Gasteiger partial charge in [0.1, 0.15) is 17.1 Å². The maximum atomic E-state index is 13.8. The van der Waals surface area contributed by atoms with E-state index in [0.717, 1.165) is 0 Å². The molecule has 0 saturated carbocycles. The molecular weight excluding hydrogens is 515 g/mol. The summed E-state index contributed by atoms with van der Waals surface area (Å²) in [5.41, 5.74) is 1.40. The number of anilines is 2. The molecule has 0 saturated heterocycles. The van der Waals surface area contributed by atoms with Crippen molar-refractivity contribution in [1.29, 1.82) is 0 Å². The standard InChI is InChI=1S/C27H26F3N5O4/c1-15(11-22(36)34(2)3)16-9-10-19(21(12-16)38-5)32-26-31-13-18(27(28,29)30)24(33-26)39-20-8-6-7-17-14-35(4)25(37)23(17)20/h6-13H,14H2,1-5H3,(H,31,32,33)/b15-11+. The van der Waals surface area contributed by atoms with E-state index in [2.05, 4.69) is 15.3 Å². The molecule has 204 valence electrons. The highest BCUT2D eigenvalue weighted by Crippen LogP contribution is 2.40. The number of benzene rings is 2. The highest BCUT2D eigenvalue weighted by Gasteiger charge is 2.37. The van der Waals surface area contributed by atoms with Gasteiger partial charge in [-0.15, -0.1) is 0 Å². The Labute approximate surface area is 222 Å². The number of hydrogen-bond acceptors (Lipinski definition) is 7. The van der Waals surface area contributed by atoms with Crippen molar-refractivity contribution in [3.05, 3.63) is 70.9 Å². The van der Waals surface area contributed by atoms with Gasteiger partial charge in [0, 0.05) is 40.0 Å². The van der Waals surface area contributed by atoms with Crippen LogP contribution in [0.25, 0.3) is 5.57 Å². The van der Waals surface area contributed by atoms with Gasteiger partial charge in [0.25, 0.3) is 5.91 Å². The van der Waals surface area contributed by atoms with Crippen molar-refractivity contribution in [3.63, 3.8) is 0 Å². The fourth-order valence-corrected chi connectivity index (χ4v) is 3.91. The molecule has 4 rings (SSSR count). The SMILES string of the molecule is COc1cc(/C(C)=C/C(=O)N(C)C)ccc1Nc1ncc(C(F)(F)F)c(Oc2cccc3c2C(=O)N(C)C3)n1. The van der Waals surface area contributed by atoms with Crippen LogP contribution in [0.1, 0.15) is 34.0 Å². The Morgan fingerprint density at radius 2 is 1.92 bits per heavy atom. The first kappa shape index (κ1) is 27.4. The van der Waals surface area contributed by atoms with Gasteiger partial charge in [0.2, 0.25) is 17.7 Å². The van der Waals surface area contributed by atoms with Crippen molar-refractivity contribution in [2.45, 2.75) is 19.6 Å². The molecular formula is C27H26F3N5O4. The first-order chi connectivity index (χ1) is 18.4. The van der Waals surface area contributed by atoms with Crippen LogP contribution >= 0.6 is 0 Å². The molecule has 0 bridgehead atoms.